The molecule has 0 saturated heterocycles. The maximum Gasteiger partial charge on any atom is 0.469 e. The molecule has 20 heavy (non-hydrogen) atoms. The Morgan fingerprint density at radius 2 is 1.85 bits per heavy atom. The molecule has 0 aromatic rings. The van der Waals surface area contributed by atoms with Gasteiger partial charge in [-0.05, 0) is 19.3 Å². The van der Waals surface area contributed by atoms with E-state index in [1.54, 1.807) is 6.92 Å². The number of rotatable bonds is 13. The second kappa shape index (κ2) is 11.7. The summed E-state index contributed by atoms with van der Waals surface area (Å²) in [5.74, 6) is 0.602. The first-order valence-electron chi connectivity index (χ1n) is 7.28. The first-order chi connectivity index (χ1) is 9.39. The van der Waals surface area contributed by atoms with Crippen LogP contribution >= 0.6 is 7.82 Å². The van der Waals surface area contributed by atoms with Crippen molar-refractivity contribution in [3.8, 4) is 0 Å². The molecule has 0 fully saturated rings. The summed E-state index contributed by atoms with van der Waals surface area (Å²) in [5.41, 5.74) is 0. The summed E-state index contributed by atoms with van der Waals surface area (Å²) in [5, 5.41) is 0. The van der Waals surface area contributed by atoms with Crippen molar-refractivity contribution in [3.63, 3.8) is 0 Å². The molecule has 0 aromatic carbocycles. The lowest BCUT2D eigenvalue weighted by Gasteiger charge is -2.16. The van der Waals surface area contributed by atoms with Gasteiger partial charge in [0.25, 0.3) is 0 Å². The van der Waals surface area contributed by atoms with Gasteiger partial charge < -0.3 is 19.3 Å². The van der Waals surface area contributed by atoms with Gasteiger partial charge in [0.15, 0.2) is 0 Å². The summed E-state index contributed by atoms with van der Waals surface area (Å²) in [6.07, 6.45) is 4.38. The van der Waals surface area contributed by atoms with Gasteiger partial charge in [0.05, 0.1) is 25.9 Å². The lowest BCUT2D eigenvalue weighted by Crippen LogP contribution is -2.19. The average molecular weight is 312 g/mol. The van der Waals surface area contributed by atoms with Gasteiger partial charge in [0.1, 0.15) is 0 Å². The second-order valence-corrected chi connectivity index (χ2v) is 6.20. The highest BCUT2D eigenvalue weighted by Gasteiger charge is 2.16. The van der Waals surface area contributed by atoms with Crippen molar-refractivity contribution in [2.75, 3.05) is 26.4 Å². The predicted molar refractivity (Wildman–Crippen MR) is 77.5 cm³/mol. The van der Waals surface area contributed by atoms with Crippen molar-refractivity contribution in [2.24, 2.45) is 5.92 Å². The smallest absolute Gasteiger partial charge is 0.379 e. The first-order valence-corrected chi connectivity index (χ1v) is 8.81. The Morgan fingerprint density at radius 3 is 2.40 bits per heavy atom. The fraction of sp³-hybridized carbons (Fsp3) is 1.00. The van der Waals surface area contributed by atoms with Gasteiger partial charge in [-0.3, -0.25) is 4.52 Å². The van der Waals surface area contributed by atoms with E-state index in [4.69, 9.17) is 19.3 Å². The fourth-order valence-electron chi connectivity index (χ4n) is 1.71. The van der Waals surface area contributed by atoms with Crippen LogP contribution in [0, 0.1) is 5.92 Å². The number of hydrogen-bond acceptors (Lipinski definition) is 4. The van der Waals surface area contributed by atoms with Crippen LogP contribution in [-0.2, 0) is 18.6 Å². The summed E-state index contributed by atoms with van der Waals surface area (Å²) in [6.45, 7) is 7.56. The normalized spacial score (nSPS) is 15.2. The van der Waals surface area contributed by atoms with Crippen LogP contribution in [0.25, 0.3) is 0 Å². The van der Waals surface area contributed by atoms with Gasteiger partial charge in [-0.25, -0.2) is 4.57 Å². The van der Waals surface area contributed by atoms with Crippen LogP contribution < -0.4 is 0 Å². The Bertz CT molecular complexity index is 268. The molecule has 0 radical (unpaired) electrons. The predicted octanol–water partition coefficient (Wildman–Crippen LogP) is 2.73. The molecule has 6 nitrogen and oxygen atoms in total. The van der Waals surface area contributed by atoms with Crippen LogP contribution in [0.4, 0.5) is 0 Å². The van der Waals surface area contributed by atoms with Crippen LogP contribution in [-0.4, -0.2) is 42.3 Å². The van der Waals surface area contributed by atoms with Crippen LogP contribution in [0.15, 0.2) is 0 Å². The molecule has 0 spiro atoms. The molecule has 0 aliphatic heterocycles. The molecule has 0 rings (SSSR count). The zero-order valence-electron chi connectivity index (χ0n) is 12.8. The molecule has 2 atom stereocenters. The van der Waals surface area contributed by atoms with Crippen LogP contribution in [0.2, 0.25) is 0 Å². The van der Waals surface area contributed by atoms with E-state index < -0.39 is 7.82 Å². The SMILES string of the molecule is CCCCC(CC)COCCOC(C)COP(=O)(O)O. The highest BCUT2D eigenvalue weighted by molar-refractivity contribution is 7.46. The molecule has 0 aliphatic carbocycles. The summed E-state index contributed by atoms with van der Waals surface area (Å²) in [7, 11) is -4.40. The molecule has 0 heterocycles. The number of phosphoric ester groups is 1. The monoisotopic (exact) mass is 312 g/mol. The molecule has 0 bridgehead atoms. The van der Waals surface area contributed by atoms with Gasteiger partial charge in [-0.1, -0.05) is 33.1 Å². The van der Waals surface area contributed by atoms with E-state index in [0.29, 0.717) is 19.1 Å². The van der Waals surface area contributed by atoms with E-state index >= 15 is 0 Å². The second-order valence-electron chi connectivity index (χ2n) is 4.96. The van der Waals surface area contributed by atoms with E-state index in [-0.39, 0.29) is 12.7 Å². The minimum absolute atomic E-state index is 0.127. The quantitative estimate of drug-likeness (QED) is 0.402. The third kappa shape index (κ3) is 13.0. The van der Waals surface area contributed by atoms with Gasteiger partial charge in [-0.15, -0.1) is 0 Å². The van der Waals surface area contributed by atoms with Crippen LogP contribution in [0.5, 0.6) is 0 Å². The van der Waals surface area contributed by atoms with E-state index in [9.17, 15) is 4.57 Å². The van der Waals surface area contributed by atoms with Gasteiger partial charge in [-0.2, -0.15) is 0 Å². The Labute approximate surface area is 122 Å². The van der Waals surface area contributed by atoms with Crippen molar-refractivity contribution < 1.29 is 28.3 Å². The van der Waals surface area contributed by atoms with E-state index in [0.717, 1.165) is 13.0 Å². The Balaban J connectivity index is 3.53. The van der Waals surface area contributed by atoms with Crippen molar-refractivity contribution in [1.82, 2.24) is 0 Å². The Morgan fingerprint density at radius 1 is 1.15 bits per heavy atom. The summed E-state index contributed by atoms with van der Waals surface area (Å²) in [4.78, 5) is 17.1. The zero-order chi connectivity index (χ0) is 15.4. The number of unbranched alkanes of at least 4 members (excludes halogenated alkanes) is 1. The molecule has 122 valence electrons. The molecule has 0 saturated carbocycles. The van der Waals surface area contributed by atoms with Crippen LogP contribution in [0.3, 0.4) is 0 Å². The molecular formula is C13H29O6P. The molecular weight excluding hydrogens is 283 g/mol. The highest BCUT2D eigenvalue weighted by Crippen LogP contribution is 2.35. The maximum atomic E-state index is 10.5. The van der Waals surface area contributed by atoms with E-state index in [2.05, 4.69) is 18.4 Å². The number of phosphoric acid groups is 1. The number of hydrogen-bond donors (Lipinski definition) is 2. The number of ether oxygens (including phenoxy) is 2. The molecule has 0 amide bonds. The topological polar surface area (TPSA) is 85.2 Å². The highest BCUT2D eigenvalue weighted by atomic mass is 31.2. The van der Waals surface area contributed by atoms with Gasteiger partial charge >= 0.3 is 7.82 Å². The van der Waals surface area contributed by atoms with Gasteiger partial charge in [0.2, 0.25) is 0 Å². The summed E-state index contributed by atoms with van der Waals surface area (Å²) < 4.78 is 25.7. The molecule has 0 aromatic heterocycles. The summed E-state index contributed by atoms with van der Waals surface area (Å²) in [6, 6.07) is 0. The van der Waals surface area contributed by atoms with Crippen molar-refractivity contribution >= 4 is 7.82 Å². The lowest BCUT2D eigenvalue weighted by atomic mass is 10.0. The van der Waals surface area contributed by atoms with Crippen molar-refractivity contribution in [3.05, 3.63) is 0 Å². The first kappa shape index (κ1) is 20.0. The third-order valence-corrected chi connectivity index (χ3v) is 3.49. The van der Waals surface area contributed by atoms with Crippen LogP contribution in [0.1, 0.15) is 46.5 Å². The Hall–Kier alpha value is 0.0300. The molecule has 7 heteroatoms. The van der Waals surface area contributed by atoms with Crippen molar-refractivity contribution in [2.45, 2.75) is 52.6 Å². The third-order valence-electron chi connectivity index (χ3n) is 3.00. The molecule has 2 unspecified atom stereocenters. The molecule has 0 aliphatic rings. The zero-order valence-corrected chi connectivity index (χ0v) is 13.7. The standard InChI is InChI=1S/C13H29O6P/c1-4-6-7-13(5-2)11-17-8-9-18-12(3)10-19-20(14,15)16/h12-13H,4-11H2,1-3H3,(H2,14,15,16). The van der Waals surface area contributed by atoms with E-state index in [1.165, 1.54) is 19.3 Å². The minimum atomic E-state index is -4.40. The lowest BCUT2D eigenvalue weighted by molar-refractivity contribution is -0.0168. The van der Waals surface area contributed by atoms with E-state index in [1.807, 2.05) is 0 Å². The average Bonchev–Trinajstić information content (AvgIpc) is 2.38. The van der Waals surface area contributed by atoms with Gasteiger partial charge in [0, 0.05) is 6.61 Å². The Kier molecular flexibility index (Phi) is 11.7. The van der Waals surface area contributed by atoms with Crippen molar-refractivity contribution in [1.29, 1.82) is 0 Å². The fourth-order valence-corrected chi connectivity index (χ4v) is 2.11. The molecule has 2 N–H and O–H groups in total. The largest absolute Gasteiger partial charge is 0.469 e. The minimum Gasteiger partial charge on any atom is -0.379 e. The maximum absolute atomic E-state index is 10.5. The summed E-state index contributed by atoms with van der Waals surface area (Å²) >= 11 is 0.